The molecule has 3 aromatic carbocycles. The highest BCUT2D eigenvalue weighted by atomic mass is 35.5. The Balaban J connectivity index is 1.92. The molecule has 4 nitrogen and oxygen atoms in total. The average molecular weight is 431 g/mol. The number of thiazole rings is 1. The van der Waals surface area contributed by atoms with E-state index in [1.54, 1.807) is 25.3 Å². The monoisotopic (exact) mass is 430 g/mol. The second-order valence-electron chi connectivity index (χ2n) is 6.21. The molecule has 0 aliphatic heterocycles. The zero-order valence-corrected chi connectivity index (χ0v) is 17.3. The van der Waals surface area contributed by atoms with E-state index >= 15 is 0 Å². The maximum atomic E-state index is 12.8. The van der Waals surface area contributed by atoms with Gasteiger partial charge in [-0.3, -0.25) is 4.79 Å². The maximum Gasteiger partial charge on any atom is 0.281 e. The summed E-state index contributed by atoms with van der Waals surface area (Å²) in [6, 6.07) is 17.1. The minimum absolute atomic E-state index is 0.288. The molecule has 0 spiro atoms. The van der Waals surface area contributed by atoms with Crippen LogP contribution >= 0.6 is 34.5 Å². The Labute approximate surface area is 175 Å². The van der Waals surface area contributed by atoms with E-state index in [9.17, 15) is 4.79 Å². The van der Waals surface area contributed by atoms with Crippen molar-refractivity contribution in [2.24, 2.45) is 4.99 Å². The molecule has 0 aliphatic carbocycles. The zero-order valence-electron chi connectivity index (χ0n) is 15.0. The van der Waals surface area contributed by atoms with Gasteiger partial charge in [-0.15, -0.1) is 0 Å². The molecule has 0 fully saturated rings. The number of aromatic nitrogens is 1. The predicted octanol–water partition coefficient (Wildman–Crippen LogP) is 5.55. The molecule has 0 saturated heterocycles. The van der Waals surface area contributed by atoms with Crippen LogP contribution in [0.1, 0.15) is 10.4 Å². The molecular weight excluding hydrogens is 415 g/mol. The lowest BCUT2D eigenvalue weighted by atomic mass is 10.1. The summed E-state index contributed by atoms with van der Waals surface area (Å²) in [5.41, 5.74) is 1.35. The van der Waals surface area contributed by atoms with Crippen LogP contribution in [0, 0.1) is 0 Å². The molecule has 4 aromatic rings. The third kappa shape index (κ3) is 3.59. The smallest absolute Gasteiger partial charge is 0.281 e. The predicted molar refractivity (Wildman–Crippen MR) is 116 cm³/mol. The van der Waals surface area contributed by atoms with Crippen molar-refractivity contribution in [3.8, 4) is 0 Å². The largest absolute Gasteiger partial charge is 0.383 e. The van der Waals surface area contributed by atoms with Gasteiger partial charge in [0.15, 0.2) is 4.80 Å². The summed E-state index contributed by atoms with van der Waals surface area (Å²) >= 11 is 13.6. The molecule has 0 bridgehead atoms. The standard InChI is InChI=1S/C21H16Cl2N2O2S/c1-27-11-10-25-18-9-6-13-4-2-3-5-15(13)19(18)28-21(25)24-20(26)16-8-7-14(22)12-17(16)23/h2-9,12H,10-11H2,1H3. The molecule has 7 heteroatoms. The lowest BCUT2D eigenvalue weighted by Crippen LogP contribution is -2.19. The number of fused-ring (bicyclic) bond motifs is 3. The molecule has 0 unspecified atom stereocenters. The van der Waals surface area contributed by atoms with E-state index in [0.717, 1.165) is 21.0 Å². The van der Waals surface area contributed by atoms with E-state index in [0.29, 0.717) is 28.5 Å². The minimum Gasteiger partial charge on any atom is -0.383 e. The summed E-state index contributed by atoms with van der Waals surface area (Å²) in [6.45, 7) is 1.11. The fourth-order valence-corrected chi connectivity index (χ4v) is 4.77. The van der Waals surface area contributed by atoms with Crippen LogP contribution in [-0.2, 0) is 11.3 Å². The summed E-state index contributed by atoms with van der Waals surface area (Å²) in [7, 11) is 1.65. The number of nitrogens with zero attached hydrogens (tertiary/aromatic N) is 2. The molecule has 142 valence electrons. The van der Waals surface area contributed by atoms with Crippen molar-refractivity contribution in [3.05, 3.63) is 75.0 Å². The van der Waals surface area contributed by atoms with E-state index in [2.05, 4.69) is 29.3 Å². The molecule has 0 atom stereocenters. The van der Waals surface area contributed by atoms with Gasteiger partial charge in [-0.05, 0) is 29.7 Å². The first kappa shape index (κ1) is 19.2. The van der Waals surface area contributed by atoms with Crippen molar-refractivity contribution in [2.75, 3.05) is 13.7 Å². The lowest BCUT2D eigenvalue weighted by Gasteiger charge is -2.05. The first-order chi connectivity index (χ1) is 13.6. The van der Waals surface area contributed by atoms with Crippen molar-refractivity contribution >= 4 is 61.4 Å². The molecule has 1 aromatic heterocycles. The molecular formula is C21H16Cl2N2O2S. The Morgan fingerprint density at radius 1 is 1.14 bits per heavy atom. The molecule has 28 heavy (non-hydrogen) atoms. The van der Waals surface area contributed by atoms with Gasteiger partial charge in [-0.25, -0.2) is 0 Å². The highest BCUT2D eigenvalue weighted by Gasteiger charge is 2.13. The van der Waals surface area contributed by atoms with Crippen LogP contribution < -0.4 is 4.80 Å². The number of carbonyl (C=O) groups is 1. The van der Waals surface area contributed by atoms with Gasteiger partial charge < -0.3 is 9.30 Å². The van der Waals surface area contributed by atoms with Crippen molar-refractivity contribution in [1.82, 2.24) is 4.57 Å². The molecule has 0 N–H and O–H groups in total. The van der Waals surface area contributed by atoms with Crippen LogP contribution in [0.15, 0.2) is 59.6 Å². The first-order valence-electron chi connectivity index (χ1n) is 8.62. The number of carbonyl (C=O) groups excluding carboxylic acids is 1. The number of benzene rings is 3. The van der Waals surface area contributed by atoms with Crippen LogP contribution in [0.5, 0.6) is 0 Å². The van der Waals surface area contributed by atoms with Crippen molar-refractivity contribution in [3.63, 3.8) is 0 Å². The Hall–Kier alpha value is -2.18. The second kappa shape index (κ2) is 8.05. The van der Waals surface area contributed by atoms with E-state index in [4.69, 9.17) is 27.9 Å². The second-order valence-corrected chi connectivity index (χ2v) is 8.03. The van der Waals surface area contributed by atoms with Gasteiger partial charge in [0.1, 0.15) is 0 Å². The summed E-state index contributed by atoms with van der Waals surface area (Å²) in [5.74, 6) is -0.399. The Morgan fingerprint density at radius 3 is 2.75 bits per heavy atom. The van der Waals surface area contributed by atoms with E-state index in [1.807, 2.05) is 16.7 Å². The topological polar surface area (TPSA) is 43.6 Å². The maximum absolute atomic E-state index is 12.8. The molecule has 0 aliphatic rings. The normalized spacial score (nSPS) is 12.2. The number of rotatable bonds is 4. The number of hydrogen-bond acceptors (Lipinski definition) is 3. The summed E-state index contributed by atoms with van der Waals surface area (Å²) in [5, 5.41) is 3.05. The lowest BCUT2D eigenvalue weighted by molar-refractivity contribution is 0.0997. The van der Waals surface area contributed by atoms with E-state index in [1.165, 1.54) is 11.3 Å². The van der Waals surface area contributed by atoms with Gasteiger partial charge in [0.2, 0.25) is 0 Å². The Bertz CT molecular complexity index is 1260. The van der Waals surface area contributed by atoms with Crippen molar-refractivity contribution in [1.29, 1.82) is 0 Å². The van der Waals surface area contributed by atoms with Gasteiger partial charge >= 0.3 is 0 Å². The molecule has 0 radical (unpaired) electrons. The molecule has 0 saturated carbocycles. The first-order valence-corrected chi connectivity index (χ1v) is 10.2. The van der Waals surface area contributed by atoms with E-state index < -0.39 is 5.91 Å². The summed E-state index contributed by atoms with van der Waals surface area (Å²) < 4.78 is 8.35. The summed E-state index contributed by atoms with van der Waals surface area (Å²) in [6.07, 6.45) is 0. The number of amides is 1. The number of halogens is 2. The van der Waals surface area contributed by atoms with Crippen LogP contribution in [0.4, 0.5) is 0 Å². The average Bonchev–Trinajstić information content (AvgIpc) is 3.03. The molecule has 1 amide bonds. The fraction of sp³-hybridized carbons (Fsp3) is 0.143. The van der Waals surface area contributed by atoms with Gasteiger partial charge in [-0.1, -0.05) is 64.9 Å². The third-order valence-electron chi connectivity index (χ3n) is 4.45. The Kier molecular flexibility index (Phi) is 5.51. The van der Waals surface area contributed by atoms with Gasteiger partial charge in [0.25, 0.3) is 5.91 Å². The number of methoxy groups -OCH3 is 1. The van der Waals surface area contributed by atoms with Crippen molar-refractivity contribution < 1.29 is 9.53 Å². The third-order valence-corrected chi connectivity index (χ3v) is 6.13. The highest BCUT2D eigenvalue weighted by Crippen LogP contribution is 2.28. The Morgan fingerprint density at radius 2 is 1.96 bits per heavy atom. The number of ether oxygens (including phenoxy) is 1. The van der Waals surface area contributed by atoms with Crippen LogP contribution in [0.25, 0.3) is 21.0 Å². The van der Waals surface area contributed by atoms with Gasteiger partial charge in [0.05, 0.1) is 27.4 Å². The van der Waals surface area contributed by atoms with E-state index in [-0.39, 0.29) is 5.02 Å². The van der Waals surface area contributed by atoms with Crippen LogP contribution in [-0.4, -0.2) is 24.2 Å². The zero-order chi connectivity index (χ0) is 19.7. The SMILES string of the molecule is COCCn1c(=NC(=O)c2ccc(Cl)cc2Cl)sc2c3ccccc3ccc21. The fourth-order valence-electron chi connectivity index (χ4n) is 3.09. The summed E-state index contributed by atoms with van der Waals surface area (Å²) in [4.78, 5) is 17.8. The number of hydrogen-bond donors (Lipinski definition) is 0. The van der Waals surface area contributed by atoms with Gasteiger partial charge in [0, 0.05) is 24.1 Å². The quantitative estimate of drug-likeness (QED) is 0.425. The van der Waals surface area contributed by atoms with Crippen molar-refractivity contribution in [2.45, 2.75) is 6.54 Å². The van der Waals surface area contributed by atoms with Gasteiger partial charge in [-0.2, -0.15) is 4.99 Å². The highest BCUT2D eigenvalue weighted by molar-refractivity contribution is 7.17. The molecule has 4 rings (SSSR count). The van der Waals surface area contributed by atoms with Crippen LogP contribution in [0.3, 0.4) is 0 Å². The molecule has 1 heterocycles. The minimum atomic E-state index is -0.399. The van der Waals surface area contributed by atoms with Crippen LogP contribution in [0.2, 0.25) is 10.0 Å².